The number of amides is 2. The number of primary amides is 1. The summed E-state index contributed by atoms with van der Waals surface area (Å²) in [6.45, 7) is 8.70. The lowest BCUT2D eigenvalue weighted by Gasteiger charge is -2.26. The van der Waals surface area contributed by atoms with Gasteiger partial charge in [-0.2, -0.15) is 0 Å². The number of nitrogens with zero attached hydrogens (tertiary/aromatic N) is 2. The van der Waals surface area contributed by atoms with E-state index in [1.54, 1.807) is 0 Å². The molecule has 3 aromatic rings. The number of aliphatic hydroxyl groups is 2. The number of unbranched alkanes of at least 4 members (excludes halogenated alkanes) is 1. The monoisotopic (exact) mass is 527 g/mol. The number of carbonyl (C=O) groups is 2. The quantitative estimate of drug-likeness (QED) is 0.371. The van der Waals surface area contributed by atoms with E-state index in [4.69, 9.17) is 17.3 Å². The van der Waals surface area contributed by atoms with Crippen LogP contribution in [0, 0.1) is 6.92 Å². The summed E-state index contributed by atoms with van der Waals surface area (Å²) < 4.78 is 0. The Bertz CT molecular complexity index is 1080. The van der Waals surface area contributed by atoms with Crippen molar-refractivity contribution < 1.29 is 19.8 Å². The van der Waals surface area contributed by atoms with Crippen LogP contribution in [0.15, 0.2) is 72.9 Å². The zero-order valence-corrected chi connectivity index (χ0v) is 22.7. The number of aromatic nitrogens is 1. The molecule has 0 bridgehead atoms. The molecule has 2 unspecified atom stereocenters. The summed E-state index contributed by atoms with van der Waals surface area (Å²) in [5.41, 5.74) is 8.91. The van der Waals surface area contributed by atoms with Crippen molar-refractivity contribution in [2.75, 3.05) is 6.54 Å². The largest absolute Gasteiger partial charge is 0.380 e. The molecule has 0 aliphatic carbocycles. The number of pyridine rings is 1. The topological polar surface area (TPSA) is 117 Å². The minimum Gasteiger partial charge on any atom is -0.380 e. The van der Waals surface area contributed by atoms with Crippen LogP contribution in [0.1, 0.15) is 44.9 Å². The molecule has 37 heavy (non-hydrogen) atoms. The molecule has 0 fully saturated rings. The SMILES string of the molecule is CC.CCCCN(Cc1ccccc1)C(=O)C(O)C(O)C(N)=O.Cc1ccc(-c2ccccc2Cl)cn1. The van der Waals surface area contributed by atoms with E-state index < -0.39 is 24.0 Å². The first-order chi connectivity index (χ1) is 17.7. The summed E-state index contributed by atoms with van der Waals surface area (Å²) in [4.78, 5) is 28.8. The molecule has 2 amide bonds. The molecule has 0 spiro atoms. The Labute approximate surface area is 224 Å². The minimum atomic E-state index is -1.89. The van der Waals surface area contributed by atoms with Crippen molar-refractivity contribution in [3.63, 3.8) is 0 Å². The number of aliphatic hydroxyl groups excluding tert-OH is 2. The van der Waals surface area contributed by atoms with Crippen molar-refractivity contribution in [3.05, 3.63) is 89.2 Å². The second kappa shape index (κ2) is 17.2. The van der Waals surface area contributed by atoms with Gasteiger partial charge < -0.3 is 20.8 Å². The van der Waals surface area contributed by atoms with Crippen LogP contribution in [-0.4, -0.2) is 50.7 Å². The average molecular weight is 528 g/mol. The maximum atomic E-state index is 12.2. The van der Waals surface area contributed by atoms with Gasteiger partial charge in [0.05, 0.1) is 0 Å². The number of rotatable bonds is 9. The van der Waals surface area contributed by atoms with E-state index in [0.717, 1.165) is 40.2 Å². The second-order valence-corrected chi connectivity index (χ2v) is 8.47. The van der Waals surface area contributed by atoms with E-state index in [-0.39, 0.29) is 0 Å². The molecular formula is C29H38ClN3O4. The second-order valence-electron chi connectivity index (χ2n) is 8.06. The lowest BCUT2D eigenvalue weighted by atomic mass is 10.1. The first-order valence-electron chi connectivity index (χ1n) is 12.4. The van der Waals surface area contributed by atoms with Gasteiger partial charge in [0.15, 0.2) is 12.2 Å². The molecule has 0 aliphatic rings. The molecule has 0 saturated carbocycles. The Hall–Kier alpha value is -3.26. The lowest BCUT2D eigenvalue weighted by Crippen LogP contribution is -2.49. The van der Waals surface area contributed by atoms with Gasteiger partial charge in [0, 0.05) is 41.1 Å². The molecule has 2 aromatic carbocycles. The van der Waals surface area contributed by atoms with Gasteiger partial charge in [-0.05, 0) is 31.0 Å². The molecule has 1 heterocycles. The van der Waals surface area contributed by atoms with Crippen molar-refractivity contribution >= 4 is 23.4 Å². The molecule has 8 heteroatoms. The maximum absolute atomic E-state index is 12.2. The fourth-order valence-corrected chi connectivity index (χ4v) is 3.46. The standard InChI is InChI=1S/C15H22N2O4.C12H10ClN.C2H6/c1-2-3-9-17(10-11-7-5-4-6-8-11)15(21)13(19)12(18)14(16)20;1-9-6-7-10(8-14-9)11-4-2-3-5-12(11)13;1-2/h4-8,12-13,18-19H,2-3,9-10H2,1H3,(H2,16,20);2-8H,1H3;1-2H3. The molecular weight excluding hydrogens is 490 g/mol. The van der Waals surface area contributed by atoms with Crippen LogP contribution in [0.25, 0.3) is 11.1 Å². The Kier molecular flexibility index (Phi) is 14.8. The number of carbonyl (C=O) groups excluding carboxylic acids is 2. The van der Waals surface area contributed by atoms with Crippen LogP contribution >= 0.6 is 11.6 Å². The maximum Gasteiger partial charge on any atom is 0.254 e. The Balaban J connectivity index is 0.000000369. The molecule has 0 aliphatic heterocycles. The molecule has 2 atom stereocenters. The van der Waals surface area contributed by atoms with E-state index in [2.05, 4.69) is 4.98 Å². The number of halogens is 1. The Morgan fingerprint density at radius 2 is 1.59 bits per heavy atom. The summed E-state index contributed by atoms with van der Waals surface area (Å²) in [6, 6.07) is 21.1. The van der Waals surface area contributed by atoms with Crippen molar-refractivity contribution in [2.24, 2.45) is 5.73 Å². The summed E-state index contributed by atoms with van der Waals surface area (Å²) >= 11 is 6.07. The number of hydrogen-bond acceptors (Lipinski definition) is 5. The van der Waals surface area contributed by atoms with Crippen molar-refractivity contribution in [1.29, 1.82) is 0 Å². The summed E-state index contributed by atoms with van der Waals surface area (Å²) in [5, 5.41) is 20.0. The predicted molar refractivity (Wildman–Crippen MR) is 149 cm³/mol. The molecule has 7 nitrogen and oxygen atoms in total. The number of aryl methyl sites for hydroxylation is 1. The van der Waals surface area contributed by atoms with Gasteiger partial charge in [-0.25, -0.2) is 0 Å². The van der Waals surface area contributed by atoms with Gasteiger partial charge in [0.25, 0.3) is 5.91 Å². The normalized spacial score (nSPS) is 11.6. The molecule has 0 saturated heterocycles. The van der Waals surface area contributed by atoms with Crippen molar-refractivity contribution in [3.8, 4) is 11.1 Å². The van der Waals surface area contributed by atoms with Crippen molar-refractivity contribution in [1.82, 2.24) is 9.88 Å². The van der Waals surface area contributed by atoms with Crippen molar-refractivity contribution in [2.45, 2.75) is 59.3 Å². The molecule has 4 N–H and O–H groups in total. The minimum absolute atomic E-state index is 0.308. The smallest absolute Gasteiger partial charge is 0.254 e. The van der Waals surface area contributed by atoms with E-state index >= 15 is 0 Å². The summed E-state index contributed by atoms with van der Waals surface area (Å²) in [6.07, 6.45) is -0.234. The van der Waals surface area contributed by atoms with Crippen LogP contribution in [-0.2, 0) is 16.1 Å². The fourth-order valence-electron chi connectivity index (χ4n) is 3.22. The number of hydrogen-bond donors (Lipinski definition) is 3. The number of nitrogens with two attached hydrogens (primary N) is 1. The lowest BCUT2D eigenvalue weighted by molar-refractivity contribution is -0.152. The van der Waals surface area contributed by atoms with Crippen LogP contribution in [0.5, 0.6) is 0 Å². The van der Waals surface area contributed by atoms with Crippen LogP contribution < -0.4 is 5.73 Å². The van der Waals surface area contributed by atoms with Crippen LogP contribution in [0.4, 0.5) is 0 Å². The van der Waals surface area contributed by atoms with Gasteiger partial charge in [0.1, 0.15) is 0 Å². The first kappa shape index (κ1) is 31.8. The van der Waals surface area contributed by atoms with E-state index in [9.17, 15) is 19.8 Å². The third-order valence-electron chi connectivity index (χ3n) is 5.25. The third kappa shape index (κ3) is 10.7. The van der Waals surface area contributed by atoms with E-state index in [1.165, 1.54) is 4.90 Å². The fraction of sp³-hybridized carbons (Fsp3) is 0.345. The highest BCUT2D eigenvalue weighted by molar-refractivity contribution is 6.33. The molecule has 3 rings (SSSR count). The highest BCUT2D eigenvalue weighted by atomic mass is 35.5. The zero-order valence-electron chi connectivity index (χ0n) is 22.0. The molecule has 0 radical (unpaired) electrons. The van der Waals surface area contributed by atoms with Gasteiger partial charge in [-0.15, -0.1) is 0 Å². The summed E-state index contributed by atoms with van der Waals surface area (Å²) in [7, 11) is 0. The predicted octanol–water partition coefficient (Wildman–Crippen LogP) is 4.76. The Morgan fingerprint density at radius 1 is 0.973 bits per heavy atom. The first-order valence-corrected chi connectivity index (χ1v) is 12.8. The van der Waals surface area contributed by atoms with Gasteiger partial charge in [-0.1, -0.05) is 93.4 Å². The number of benzene rings is 2. The Morgan fingerprint density at radius 3 is 2.14 bits per heavy atom. The average Bonchev–Trinajstić information content (AvgIpc) is 2.92. The highest BCUT2D eigenvalue weighted by Gasteiger charge is 2.31. The highest BCUT2D eigenvalue weighted by Crippen LogP contribution is 2.26. The van der Waals surface area contributed by atoms with Crippen LogP contribution in [0.3, 0.4) is 0 Å². The summed E-state index contributed by atoms with van der Waals surface area (Å²) in [5.74, 6) is -1.82. The van der Waals surface area contributed by atoms with E-state index in [0.29, 0.717) is 13.1 Å². The van der Waals surface area contributed by atoms with Gasteiger partial charge >= 0.3 is 0 Å². The van der Waals surface area contributed by atoms with E-state index in [1.807, 2.05) is 101 Å². The molecule has 200 valence electrons. The third-order valence-corrected chi connectivity index (χ3v) is 5.58. The van der Waals surface area contributed by atoms with Crippen LogP contribution in [0.2, 0.25) is 5.02 Å². The van der Waals surface area contributed by atoms with Gasteiger partial charge in [-0.3, -0.25) is 14.6 Å². The zero-order chi connectivity index (χ0) is 27.8. The molecule has 1 aromatic heterocycles. The van der Waals surface area contributed by atoms with Gasteiger partial charge in [0.2, 0.25) is 5.91 Å².